The van der Waals surface area contributed by atoms with Gasteiger partial charge in [-0.2, -0.15) is 35.5 Å². The minimum Gasteiger partial charge on any atom is -0.184 e. The van der Waals surface area contributed by atoms with Crippen LogP contribution in [0.15, 0.2) is 84.9 Å². The quantitative estimate of drug-likeness (QED) is 0.118. The fourth-order valence-corrected chi connectivity index (χ4v) is 7.33. The number of aryl methyl sites for hydroxylation is 1. The van der Waals surface area contributed by atoms with Crippen LogP contribution in [-0.2, 0) is 32.7 Å². The van der Waals surface area contributed by atoms with E-state index in [2.05, 4.69) is 140 Å². The van der Waals surface area contributed by atoms with Crippen LogP contribution in [0.4, 0.5) is 0 Å². The number of fused-ring (bicyclic) bond motifs is 4. The van der Waals surface area contributed by atoms with E-state index in [1.165, 1.54) is 84.9 Å². The van der Waals surface area contributed by atoms with Crippen molar-refractivity contribution < 1.29 is 20.8 Å². The summed E-state index contributed by atoms with van der Waals surface area (Å²) in [4.78, 5) is 0. The predicted octanol–water partition coefficient (Wildman–Crippen LogP) is 11.6. The van der Waals surface area contributed by atoms with Crippen molar-refractivity contribution in [3.8, 4) is 22.3 Å². The molecule has 0 aromatic heterocycles. The van der Waals surface area contributed by atoms with Crippen molar-refractivity contribution in [3.63, 3.8) is 0 Å². The minimum atomic E-state index is -0.826. The van der Waals surface area contributed by atoms with Gasteiger partial charge in [-0.05, 0) is 40.4 Å². The van der Waals surface area contributed by atoms with Crippen molar-refractivity contribution in [1.29, 1.82) is 0 Å². The summed E-state index contributed by atoms with van der Waals surface area (Å²) < 4.78 is 0. The largest absolute Gasteiger partial charge is 0.184 e. The molecule has 5 aromatic rings. The monoisotopic (exact) mass is 726 g/mol. The van der Waals surface area contributed by atoms with Gasteiger partial charge in [0.25, 0.3) is 0 Å². The van der Waals surface area contributed by atoms with E-state index in [1.807, 2.05) is 6.07 Å². The summed E-state index contributed by atoms with van der Waals surface area (Å²) in [6, 6.07) is 35.1. The molecule has 1 heterocycles. The summed E-state index contributed by atoms with van der Waals surface area (Å²) in [5.41, 5.74) is 11.5. The van der Waals surface area contributed by atoms with Gasteiger partial charge in [-0.1, -0.05) is 133 Å². The van der Waals surface area contributed by atoms with Gasteiger partial charge in [-0.25, -0.2) is 0 Å². The second kappa shape index (κ2) is 16.3. The normalized spacial score (nSPS) is 11.8. The van der Waals surface area contributed by atoms with Gasteiger partial charge in [0.2, 0.25) is 0 Å². The van der Waals surface area contributed by atoms with Crippen molar-refractivity contribution in [2.75, 3.05) is 0 Å². The first-order valence-electron chi connectivity index (χ1n) is 16.2. The molecule has 0 unspecified atom stereocenters. The molecule has 0 saturated carbocycles. The average Bonchev–Trinajstić information content (AvgIpc) is 3.60. The first-order chi connectivity index (χ1) is 21.5. The number of rotatable bonds is 6. The summed E-state index contributed by atoms with van der Waals surface area (Å²) in [5.74, 6) is 1.06. The molecule has 4 heteroatoms. The van der Waals surface area contributed by atoms with Crippen LogP contribution < -0.4 is 10.4 Å². The smallest absolute Gasteiger partial charge is 0.0920 e. The second-order valence-corrected chi connectivity index (χ2v) is 18.6. The topological polar surface area (TPSA) is 0 Å². The Kier molecular flexibility index (Phi) is 13.1. The molecule has 2 radical (unpaired) electrons. The molecule has 6 rings (SSSR count). The van der Waals surface area contributed by atoms with Gasteiger partial charge in [0.1, 0.15) is 0 Å². The van der Waals surface area contributed by atoms with E-state index < -0.39 is 20.8 Å². The van der Waals surface area contributed by atoms with Gasteiger partial charge in [0, 0.05) is 0 Å². The Morgan fingerprint density at radius 2 is 1.49 bits per heavy atom. The minimum absolute atomic E-state index is 0.107. The molecule has 0 spiro atoms. The zero-order chi connectivity index (χ0) is 32.7. The van der Waals surface area contributed by atoms with Crippen molar-refractivity contribution in [1.82, 2.24) is 0 Å². The van der Waals surface area contributed by atoms with Crippen molar-refractivity contribution >= 4 is 47.7 Å². The summed E-state index contributed by atoms with van der Waals surface area (Å²) >= 11 is -0.826. The molecular weight excluding hydrogens is 683 g/mol. The SMILES string of the molecule is CCCCc1cc2c(-c3cc(C(C)C)cc(C(C)C)c3)c(C(C)(C)C)ccc2[cH-]1.[Cl][Zr+2][Cl].[c-]1cccc2c1[Si]c1ccccc1-2. The fraction of sp³-hybridized carbons (Fsp3) is 0.341. The molecule has 1 aliphatic rings. The maximum absolute atomic E-state index is 4.93. The molecule has 1 aliphatic heterocycles. The van der Waals surface area contributed by atoms with Gasteiger partial charge in [-0.15, -0.1) is 40.1 Å². The van der Waals surface area contributed by atoms with E-state index in [0.29, 0.717) is 11.8 Å². The molecule has 0 nitrogen and oxygen atoms in total. The Labute approximate surface area is 293 Å². The molecule has 0 saturated heterocycles. The third-order valence-corrected chi connectivity index (χ3v) is 9.88. The molecule has 45 heavy (non-hydrogen) atoms. The van der Waals surface area contributed by atoms with Gasteiger partial charge in [-0.3, -0.25) is 0 Å². The van der Waals surface area contributed by atoms with Crippen LogP contribution in [0, 0.1) is 6.07 Å². The summed E-state index contributed by atoms with van der Waals surface area (Å²) in [6.07, 6.45) is 3.69. The number of halogens is 2. The summed E-state index contributed by atoms with van der Waals surface area (Å²) in [7, 11) is 10.7. The predicted molar refractivity (Wildman–Crippen MR) is 198 cm³/mol. The van der Waals surface area contributed by atoms with Crippen LogP contribution in [0.5, 0.6) is 0 Å². The van der Waals surface area contributed by atoms with Gasteiger partial charge in [0.05, 0.1) is 9.52 Å². The van der Waals surface area contributed by atoms with Crippen LogP contribution in [0.1, 0.15) is 102 Å². The molecule has 0 N–H and O–H groups in total. The first kappa shape index (κ1) is 36.0. The zero-order valence-electron chi connectivity index (χ0n) is 28.1. The fourth-order valence-electron chi connectivity index (χ4n) is 6.02. The molecule has 0 amide bonds. The van der Waals surface area contributed by atoms with E-state index in [-0.39, 0.29) is 5.41 Å². The Hall–Kier alpha value is -1.83. The summed E-state index contributed by atoms with van der Waals surface area (Å²) in [5, 5.41) is 5.64. The number of hydrogen-bond donors (Lipinski definition) is 0. The molecule has 0 fully saturated rings. The molecular formula is C41H46Cl2SiZr. The van der Waals surface area contributed by atoms with E-state index in [1.54, 1.807) is 0 Å². The maximum atomic E-state index is 4.93. The maximum Gasteiger partial charge on any atom is 0.0920 e. The van der Waals surface area contributed by atoms with E-state index in [9.17, 15) is 0 Å². The van der Waals surface area contributed by atoms with Crippen LogP contribution in [-0.4, -0.2) is 9.52 Å². The van der Waals surface area contributed by atoms with Gasteiger partial charge < -0.3 is 0 Å². The van der Waals surface area contributed by atoms with E-state index >= 15 is 0 Å². The number of benzene rings is 4. The number of unbranched alkanes of at least 4 members (excludes halogenated alkanes) is 1. The standard InChI is InChI=1S/C29H39.C12H7Si.2ClH.Zr/c1-9-10-11-21-14-22-12-13-27(29(6,7)8)28(26(22)15-21)25-17-23(19(2)3)16-24(18-25)20(4)5;1-3-7-11-9(5-1)10-6-2-4-8-12(10)13-11;;;/h12-20H,9-11H2,1-8H3;1-7H;2*1H;/q2*-1;;;+4/p-2. The Balaban J connectivity index is 0.000000236. The third kappa shape index (κ3) is 8.96. The Morgan fingerprint density at radius 3 is 2.11 bits per heavy atom. The van der Waals surface area contributed by atoms with Crippen LogP contribution >= 0.6 is 17.0 Å². The Bertz CT molecular complexity index is 1640. The molecule has 232 valence electrons. The summed E-state index contributed by atoms with van der Waals surface area (Å²) in [6.45, 7) is 18.5. The van der Waals surface area contributed by atoms with Crippen molar-refractivity contribution in [2.45, 2.75) is 91.9 Å². The van der Waals surface area contributed by atoms with Crippen LogP contribution in [0.2, 0.25) is 0 Å². The molecule has 5 aromatic carbocycles. The van der Waals surface area contributed by atoms with Crippen molar-refractivity contribution in [2.24, 2.45) is 0 Å². The Morgan fingerprint density at radius 1 is 0.844 bits per heavy atom. The average molecular weight is 729 g/mol. The van der Waals surface area contributed by atoms with E-state index in [0.717, 1.165) is 9.52 Å². The number of hydrogen-bond acceptors (Lipinski definition) is 0. The third-order valence-electron chi connectivity index (χ3n) is 8.51. The van der Waals surface area contributed by atoms with E-state index in [4.69, 9.17) is 17.0 Å². The second-order valence-electron chi connectivity index (χ2n) is 13.6. The zero-order valence-corrected chi connectivity index (χ0v) is 33.1. The van der Waals surface area contributed by atoms with Gasteiger partial charge in [0.15, 0.2) is 0 Å². The molecule has 0 aliphatic carbocycles. The van der Waals surface area contributed by atoms with Crippen LogP contribution in [0.3, 0.4) is 0 Å². The van der Waals surface area contributed by atoms with Crippen LogP contribution in [0.25, 0.3) is 33.0 Å². The molecule has 0 bridgehead atoms. The van der Waals surface area contributed by atoms with Gasteiger partial charge >= 0.3 is 37.9 Å². The van der Waals surface area contributed by atoms with Crippen molar-refractivity contribution in [3.05, 3.63) is 113 Å². The first-order valence-corrected chi connectivity index (χ1v) is 23.5. The molecule has 0 atom stereocenters.